The summed E-state index contributed by atoms with van der Waals surface area (Å²) in [6.07, 6.45) is 5.95. The Kier molecular flexibility index (Phi) is 13.0. The van der Waals surface area contributed by atoms with Gasteiger partial charge in [0.15, 0.2) is 5.78 Å². The third-order valence-electron chi connectivity index (χ3n) is 7.89. The molecule has 2 heterocycles. The zero-order valence-electron chi connectivity index (χ0n) is 25.0. The monoisotopic (exact) mass is 562 g/mol. The van der Waals surface area contributed by atoms with Crippen molar-refractivity contribution < 1.29 is 39.5 Å². The van der Waals surface area contributed by atoms with Crippen LogP contribution in [-0.4, -0.2) is 74.4 Å². The molecule has 0 aromatic rings. The van der Waals surface area contributed by atoms with Gasteiger partial charge < -0.3 is 29.9 Å². The molecule has 1 fully saturated rings. The number of ketones is 1. The largest absolute Gasteiger partial charge is 0.459 e. The number of esters is 1. The minimum atomic E-state index is -1.71. The summed E-state index contributed by atoms with van der Waals surface area (Å²) in [5, 5.41) is 42.6. The number of hydrogen-bond donors (Lipinski definition) is 4. The van der Waals surface area contributed by atoms with Crippen LogP contribution in [0.15, 0.2) is 47.6 Å². The van der Waals surface area contributed by atoms with Gasteiger partial charge in [0.05, 0.1) is 30.0 Å². The minimum absolute atomic E-state index is 0.100. The Hall–Kier alpha value is -2.10. The molecule has 1 saturated heterocycles. The summed E-state index contributed by atoms with van der Waals surface area (Å²) < 4.78 is 11.3. The Morgan fingerprint density at radius 3 is 2.38 bits per heavy atom. The number of epoxide rings is 1. The Labute approximate surface area is 239 Å². The molecular formula is C32H50O8. The van der Waals surface area contributed by atoms with E-state index < -0.39 is 54.1 Å². The second-order valence-electron chi connectivity index (χ2n) is 12.2. The highest BCUT2D eigenvalue weighted by Gasteiger charge is 2.37. The molecule has 0 amide bonds. The molecule has 0 radical (unpaired) electrons. The van der Waals surface area contributed by atoms with Crippen molar-refractivity contribution in [2.45, 2.75) is 129 Å². The third-order valence-corrected chi connectivity index (χ3v) is 7.89. The van der Waals surface area contributed by atoms with Crippen LogP contribution in [0.3, 0.4) is 0 Å². The van der Waals surface area contributed by atoms with Crippen LogP contribution < -0.4 is 0 Å². The molecule has 0 spiro atoms. The second-order valence-corrected chi connectivity index (χ2v) is 12.2. The van der Waals surface area contributed by atoms with E-state index in [4.69, 9.17) is 9.47 Å². The fourth-order valence-corrected chi connectivity index (χ4v) is 5.21. The van der Waals surface area contributed by atoms with Gasteiger partial charge in [0, 0.05) is 18.4 Å². The first kappa shape index (κ1) is 34.1. The first-order valence-electron chi connectivity index (χ1n) is 14.5. The number of carbonyl (C=O) groups excluding carboxylic acids is 2. The number of carbonyl (C=O) groups is 2. The van der Waals surface area contributed by atoms with Crippen molar-refractivity contribution in [3.05, 3.63) is 47.6 Å². The van der Waals surface area contributed by atoms with Gasteiger partial charge in [0.2, 0.25) is 0 Å². The van der Waals surface area contributed by atoms with Gasteiger partial charge in [-0.15, -0.1) is 0 Å². The minimum Gasteiger partial charge on any atom is -0.459 e. The highest BCUT2D eigenvalue weighted by molar-refractivity contribution is 5.87. The summed E-state index contributed by atoms with van der Waals surface area (Å²) >= 11 is 0. The molecule has 0 saturated carbocycles. The Balaban J connectivity index is 2.15. The van der Waals surface area contributed by atoms with Gasteiger partial charge in [0.1, 0.15) is 12.2 Å². The fourth-order valence-electron chi connectivity index (χ4n) is 5.21. The molecular weight excluding hydrogens is 512 g/mol. The molecule has 0 bridgehead atoms. The third kappa shape index (κ3) is 11.1. The van der Waals surface area contributed by atoms with Crippen LogP contribution in [0.4, 0.5) is 0 Å². The Morgan fingerprint density at radius 1 is 1.02 bits per heavy atom. The van der Waals surface area contributed by atoms with Crippen LogP contribution in [-0.2, 0) is 19.1 Å². The number of cyclic esters (lactones) is 1. The normalized spacial score (nSPS) is 42.0. The molecule has 0 unspecified atom stereocenters. The quantitative estimate of drug-likeness (QED) is 0.197. The number of hydrogen-bond acceptors (Lipinski definition) is 8. The Bertz CT molecular complexity index is 977. The van der Waals surface area contributed by atoms with Crippen molar-refractivity contribution >= 4 is 11.8 Å². The average Bonchev–Trinajstić information content (AvgIpc) is 3.58. The summed E-state index contributed by atoms with van der Waals surface area (Å²) in [5.41, 5.74) is 0.569. The molecule has 0 aromatic carbocycles. The van der Waals surface area contributed by atoms with Crippen LogP contribution in [0, 0.1) is 11.8 Å². The summed E-state index contributed by atoms with van der Waals surface area (Å²) in [5.74, 6) is -1.40. The van der Waals surface area contributed by atoms with Crippen molar-refractivity contribution in [2.75, 3.05) is 0 Å². The van der Waals surface area contributed by atoms with E-state index in [0.717, 1.165) is 24.8 Å². The van der Waals surface area contributed by atoms with E-state index in [-0.39, 0.29) is 25.0 Å². The molecule has 8 heteroatoms. The molecule has 0 aromatic heterocycles. The van der Waals surface area contributed by atoms with Gasteiger partial charge in [-0.1, -0.05) is 50.3 Å². The van der Waals surface area contributed by atoms with Gasteiger partial charge in [-0.05, 0) is 77.2 Å². The molecule has 2 aliphatic heterocycles. The highest BCUT2D eigenvalue weighted by atomic mass is 16.6. The predicted molar refractivity (Wildman–Crippen MR) is 154 cm³/mol. The lowest BCUT2D eigenvalue weighted by Gasteiger charge is -2.29. The molecule has 2 rings (SSSR count). The zero-order chi connectivity index (χ0) is 30.2. The number of allylic oxidation sites excluding steroid dienone is 4. The smallest absolute Gasteiger partial charge is 0.333 e. The maximum Gasteiger partial charge on any atom is 0.333 e. The topological polar surface area (TPSA) is 137 Å². The lowest BCUT2D eigenvalue weighted by molar-refractivity contribution is -0.146. The van der Waals surface area contributed by atoms with Gasteiger partial charge in [-0.25, -0.2) is 4.79 Å². The van der Waals surface area contributed by atoms with Gasteiger partial charge >= 0.3 is 5.97 Å². The number of fused-ring (bicyclic) bond motifs is 1. The number of ether oxygens (including phenoxy) is 2. The van der Waals surface area contributed by atoms with E-state index >= 15 is 0 Å². The lowest BCUT2D eigenvalue weighted by Crippen LogP contribution is -2.41. The standard InChI is InChI=1S/C32H50O8/c1-19-13-20(2)15-28-27(40-28)12-10-8-9-11-21(3)31(37)39-24(6)16-22(4)29(35)30(36)26(34)17-25(33)18-32(7,38)23(5)14-19/h10-12,14,20,22,24-25,27-30,33,35-36,38H,1,8-9,13,15-18H2,2-7H3/b12-10+,21-11+,23-14+/t20-,22-,24+,25-,27-,28-,29+,30+,32-/m1/s1. The number of aliphatic hydroxyl groups is 4. The van der Waals surface area contributed by atoms with Crippen LogP contribution in [0.25, 0.3) is 0 Å². The van der Waals surface area contributed by atoms with Crippen LogP contribution in [0.5, 0.6) is 0 Å². The SMILES string of the molecule is C=C1/C=C(\C)[C@](C)(O)C[C@H](O)CC(=O)[C@H](O)[C@@H](O)[C@H](C)C[C@H](C)OC(=O)/C(C)=C/CC/C=C/[C@H]2O[C@@H]2C[C@H](C)C1. The van der Waals surface area contributed by atoms with Gasteiger partial charge in [0.25, 0.3) is 0 Å². The molecule has 8 nitrogen and oxygen atoms in total. The van der Waals surface area contributed by atoms with E-state index in [1.165, 1.54) is 0 Å². The number of rotatable bonds is 0. The predicted octanol–water partition coefficient (Wildman–Crippen LogP) is 4.11. The summed E-state index contributed by atoms with van der Waals surface area (Å²) in [6, 6.07) is 0. The fraction of sp³-hybridized carbons (Fsp3) is 0.688. The zero-order valence-corrected chi connectivity index (χ0v) is 25.0. The van der Waals surface area contributed by atoms with E-state index in [1.54, 1.807) is 34.6 Å². The van der Waals surface area contributed by atoms with Crippen molar-refractivity contribution in [2.24, 2.45) is 11.8 Å². The second kappa shape index (κ2) is 15.2. The van der Waals surface area contributed by atoms with Crippen LogP contribution >= 0.6 is 0 Å². The number of Topliss-reactive ketones (excluding diaryl/α,β-unsaturated/α-hetero) is 1. The van der Waals surface area contributed by atoms with E-state index in [0.29, 0.717) is 23.5 Å². The highest BCUT2D eigenvalue weighted by Crippen LogP contribution is 2.33. The van der Waals surface area contributed by atoms with Crippen LogP contribution in [0.1, 0.15) is 86.5 Å². The lowest BCUT2D eigenvalue weighted by atomic mass is 9.85. The maximum absolute atomic E-state index is 12.6. The van der Waals surface area contributed by atoms with Gasteiger partial charge in [-0.3, -0.25) is 4.79 Å². The summed E-state index contributed by atoms with van der Waals surface area (Å²) in [6.45, 7) is 14.7. The summed E-state index contributed by atoms with van der Waals surface area (Å²) in [4.78, 5) is 25.1. The van der Waals surface area contributed by atoms with Crippen molar-refractivity contribution in [1.82, 2.24) is 0 Å². The summed E-state index contributed by atoms with van der Waals surface area (Å²) in [7, 11) is 0. The molecule has 0 aliphatic carbocycles. The first-order chi connectivity index (χ1) is 18.6. The average molecular weight is 563 g/mol. The molecule has 40 heavy (non-hydrogen) atoms. The molecule has 2 aliphatic rings. The number of aliphatic hydroxyl groups excluding tert-OH is 3. The maximum atomic E-state index is 12.6. The van der Waals surface area contributed by atoms with Crippen molar-refractivity contribution in [1.29, 1.82) is 0 Å². The van der Waals surface area contributed by atoms with Crippen molar-refractivity contribution in [3.8, 4) is 0 Å². The Morgan fingerprint density at radius 2 is 1.70 bits per heavy atom. The van der Waals surface area contributed by atoms with E-state index in [1.807, 2.05) is 12.2 Å². The molecule has 9 atom stereocenters. The van der Waals surface area contributed by atoms with E-state index in [2.05, 4.69) is 25.7 Å². The molecule has 4 N–H and O–H groups in total. The first-order valence-corrected chi connectivity index (χ1v) is 14.5. The van der Waals surface area contributed by atoms with E-state index in [9.17, 15) is 30.0 Å². The molecule has 226 valence electrons. The van der Waals surface area contributed by atoms with Gasteiger partial charge in [-0.2, -0.15) is 0 Å². The van der Waals surface area contributed by atoms with Crippen LogP contribution in [0.2, 0.25) is 0 Å². The van der Waals surface area contributed by atoms with Crippen molar-refractivity contribution in [3.63, 3.8) is 0 Å².